The zero-order chi connectivity index (χ0) is 20.8. The van der Waals surface area contributed by atoms with E-state index >= 15 is 0 Å². The minimum atomic E-state index is -3.61. The highest BCUT2D eigenvalue weighted by Crippen LogP contribution is 2.31. The molecule has 0 radical (unpaired) electrons. The van der Waals surface area contributed by atoms with Crippen molar-refractivity contribution in [2.45, 2.75) is 17.1 Å². The van der Waals surface area contributed by atoms with Crippen LogP contribution in [-0.4, -0.2) is 43.5 Å². The molecule has 3 heterocycles. The highest BCUT2D eigenvalue weighted by Gasteiger charge is 2.33. The van der Waals surface area contributed by atoms with Gasteiger partial charge in [0.05, 0.1) is 15.5 Å². The van der Waals surface area contributed by atoms with Crippen LogP contribution in [0.15, 0.2) is 34.5 Å². The molecule has 1 fully saturated rings. The summed E-state index contributed by atoms with van der Waals surface area (Å²) in [5, 5.41) is 4.95. The first-order valence-electron chi connectivity index (χ1n) is 8.82. The standard InChI is InChI=1S/C18H16ClN3O5S2/c19-14-3-4-15(28-14)29(26,27)22-7-5-10(6-8-22)16(23)20-11-1-2-12-13(9-11)18(25)21-17(12)24/h1-4,9-10H,5-8H2,(H,20,23)(H,21,24,25). The van der Waals surface area contributed by atoms with Gasteiger partial charge in [-0.25, -0.2) is 8.42 Å². The van der Waals surface area contributed by atoms with Gasteiger partial charge in [0, 0.05) is 24.7 Å². The lowest BCUT2D eigenvalue weighted by molar-refractivity contribution is -0.120. The molecule has 0 bridgehead atoms. The van der Waals surface area contributed by atoms with Crippen LogP contribution in [0.1, 0.15) is 33.6 Å². The van der Waals surface area contributed by atoms with Crippen molar-refractivity contribution in [3.63, 3.8) is 0 Å². The number of carbonyl (C=O) groups excluding carboxylic acids is 3. The Morgan fingerprint density at radius 3 is 2.45 bits per heavy atom. The van der Waals surface area contributed by atoms with E-state index in [0.717, 1.165) is 11.3 Å². The predicted octanol–water partition coefficient (Wildman–Crippen LogP) is 2.32. The molecule has 11 heteroatoms. The summed E-state index contributed by atoms with van der Waals surface area (Å²) < 4.78 is 27.3. The molecule has 1 aromatic heterocycles. The number of piperidine rings is 1. The average molecular weight is 454 g/mol. The Balaban J connectivity index is 1.39. The van der Waals surface area contributed by atoms with Crippen LogP contribution < -0.4 is 10.6 Å². The van der Waals surface area contributed by atoms with Crippen molar-refractivity contribution in [2.75, 3.05) is 18.4 Å². The number of amides is 3. The number of nitrogens with zero attached hydrogens (tertiary/aromatic N) is 1. The van der Waals surface area contributed by atoms with E-state index in [1.54, 1.807) is 12.1 Å². The van der Waals surface area contributed by atoms with Gasteiger partial charge in [0.15, 0.2) is 0 Å². The lowest BCUT2D eigenvalue weighted by Gasteiger charge is -2.30. The van der Waals surface area contributed by atoms with Gasteiger partial charge < -0.3 is 5.32 Å². The van der Waals surface area contributed by atoms with Crippen molar-refractivity contribution in [3.05, 3.63) is 45.8 Å². The third-order valence-electron chi connectivity index (χ3n) is 4.97. The molecule has 0 spiro atoms. The van der Waals surface area contributed by atoms with E-state index < -0.39 is 21.8 Å². The van der Waals surface area contributed by atoms with Gasteiger partial charge in [-0.2, -0.15) is 4.31 Å². The first kappa shape index (κ1) is 20.0. The highest BCUT2D eigenvalue weighted by atomic mass is 35.5. The summed E-state index contributed by atoms with van der Waals surface area (Å²) in [5.74, 6) is -1.54. The maximum Gasteiger partial charge on any atom is 0.259 e. The number of thiophene rings is 1. The number of anilines is 1. The van der Waals surface area contributed by atoms with Gasteiger partial charge in [0.2, 0.25) is 5.91 Å². The zero-order valence-electron chi connectivity index (χ0n) is 15.0. The third-order valence-corrected chi connectivity index (χ3v) is 8.57. The number of carbonyl (C=O) groups is 3. The lowest BCUT2D eigenvalue weighted by atomic mass is 9.97. The van der Waals surface area contributed by atoms with Gasteiger partial charge in [-0.15, -0.1) is 11.3 Å². The molecule has 2 aliphatic rings. The summed E-state index contributed by atoms with van der Waals surface area (Å²) in [7, 11) is -3.61. The molecule has 152 valence electrons. The maximum atomic E-state index is 12.6. The number of hydrogen-bond donors (Lipinski definition) is 2. The first-order chi connectivity index (χ1) is 13.8. The number of nitrogens with one attached hydrogen (secondary N) is 2. The van der Waals surface area contributed by atoms with Crippen molar-refractivity contribution >= 4 is 56.4 Å². The summed E-state index contributed by atoms with van der Waals surface area (Å²) >= 11 is 6.85. The van der Waals surface area contributed by atoms with Crippen LogP contribution in [0.4, 0.5) is 5.69 Å². The Bertz CT molecular complexity index is 1120. The van der Waals surface area contributed by atoms with Crippen LogP contribution >= 0.6 is 22.9 Å². The molecule has 0 saturated carbocycles. The van der Waals surface area contributed by atoms with E-state index in [9.17, 15) is 22.8 Å². The second kappa shape index (κ2) is 7.52. The number of halogens is 1. The SMILES string of the molecule is O=C1NC(=O)c2cc(NC(=O)C3CCN(S(=O)(=O)c4ccc(Cl)s4)CC3)ccc21. The van der Waals surface area contributed by atoms with Crippen molar-refractivity contribution in [1.29, 1.82) is 0 Å². The molecule has 1 aromatic carbocycles. The Kier molecular flexibility index (Phi) is 5.19. The number of sulfonamides is 1. The minimum Gasteiger partial charge on any atom is -0.326 e. The second-order valence-electron chi connectivity index (χ2n) is 6.77. The van der Waals surface area contributed by atoms with Gasteiger partial charge in [-0.1, -0.05) is 11.6 Å². The number of hydrogen-bond acceptors (Lipinski definition) is 6. The molecule has 2 aromatic rings. The Labute approximate surface area is 175 Å². The number of imide groups is 1. The van der Waals surface area contributed by atoms with Crippen LogP contribution in [0.5, 0.6) is 0 Å². The molecule has 0 atom stereocenters. The van der Waals surface area contributed by atoms with E-state index in [1.807, 2.05) is 0 Å². The molecule has 1 saturated heterocycles. The molecular weight excluding hydrogens is 438 g/mol. The number of rotatable bonds is 4. The quantitative estimate of drug-likeness (QED) is 0.690. The van der Waals surface area contributed by atoms with Crippen LogP contribution in [0.3, 0.4) is 0 Å². The van der Waals surface area contributed by atoms with Crippen LogP contribution in [0, 0.1) is 5.92 Å². The normalized spacial score (nSPS) is 17.8. The molecule has 2 aliphatic heterocycles. The van der Waals surface area contributed by atoms with Crippen LogP contribution in [-0.2, 0) is 14.8 Å². The fourth-order valence-corrected chi connectivity index (χ4v) is 6.52. The van der Waals surface area contributed by atoms with Crippen molar-refractivity contribution in [2.24, 2.45) is 5.92 Å². The first-order valence-corrected chi connectivity index (χ1v) is 11.5. The topological polar surface area (TPSA) is 113 Å². The molecule has 2 N–H and O–H groups in total. The molecule has 29 heavy (non-hydrogen) atoms. The molecule has 0 unspecified atom stereocenters. The Hall–Kier alpha value is -2.27. The third kappa shape index (κ3) is 3.80. The maximum absolute atomic E-state index is 12.6. The summed E-state index contributed by atoms with van der Waals surface area (Å²) in [6.07, 6.45) is 0.766. The van der Waals surface area contributed by atoms with Gasteiger partial charge in [0.1, 0.15) is 4.21 Å². The summed E-state index contributed by atoms with van der Waals surface area (Å²) in [5.41, 5.74) is 0.922. The van der Waals surface area contributed by atoms with Crippen molar-refractivity contribution < 1.29 is 22.8 Å². The van der Waals surface area contributed by atoms with Gasteiger partial charge in [-0.3, -0.25) is 19.7 Å². The van der Waals surface area contributed by atoms with Crippen LogP contribution in [0.2, 0.25) is 4.34 Å². The van der Waals surface area contributed by atoms with Crippen molar-refractivity contribution in [1.82, 2.24) is 9.62 Å². The van der Waals surface area contributed by atoms with Gasteiger partial charge >= 0.3 is 0 Å². The van der Waals surface area contributed by atoms with E-state index in [2.05, 4.69) is 10.6 Å². The molecule has 0 aliphatic carbocycles. The van der Waals surface area contributed by atoms with Crippen LogP contribution in [0.25, 0.3) is 0 Å². The fraction of sp³-hybridized carbons (Fsp3) is 0.278. The zero-order valence-corrected chi connectivity index (χ0v) is 17.4. The summed E-state index contributed by atoms with van der Waals surface area (Å²) in [6, 6.07) is 7.55. The van der Waals surface area contributed by atoms with Gasteiger partial charge in [-0.05, 0) is 43.2 Å². The highest BCUT2D eigenvalue weighted by molar-refractivity contribution is 7.91. The second-order valence-corrected chi connectivity index (χ2v) is 10.6. The molecule has 4 rings (SSSR count). The Morgan fingerprint density at radius 1 is 1.10 bits per heavy atom. The smallest absolute Gasteiger partial charge is 0.259 e. The number of benzene rings is 1. The number of fused-ring (bicyclic) bond motifs is 1. The van der Waals surface area contributed by atoms with E-state index in [-0.39, 0.29) is 40.3 Å². The van der Waals surface area contributed by atoms with Crippen molar-refractivity contribution in [3.8, 4) is 0 Å². The van der Waals surface area contributed by atoms with E-state index in [4.69, 9.17) is 11.6 Å². The fourth-order valence-electron chi connectivity index (χ4n) is 3.41. The molecular formula is C18H16ClN3O5S2. The average Bonchev–Trinajstić information content (AvgIpc) is 3.26. The summed E-state index contributed by atoms with van der Waals surface area (Å²) in [4.78, 5) is 35.9. The molecule has 8 nitrogen and oxygen atoms in total. The summed E-state index contributed by atoms with van der Waals surface area (Å²) in [6.45, 7) is 0.466. The van der Waals surface area contributed by atoms with E-state index in [1.165, 1.54) is 22.5 Å². The largest absolute Gasteiger partial charge is 0.326 e. The van der Waals surface area contributed by atoms with E-state index in [0.29, 0.717) is 22.9 Å². The monoisotopic (exact) mass is 453 g/mol. The lowest BCUT2D eigenvalue weighted by Crippen LogP contribution is -2.41. The minimum absolute atomic E-state index is 0.191. The predicted molar refractivity (Wildman–Crippen MR) is 108 cm³/mol. The van der Waals surface area contributed by atoms with Gasteiger partial charge in [0.25, 0.3) is 21.8 Å². The Morgan fingerprint density at radius 2 is 1.79 bits per heavy atom. The molecule has 3 amide bonds.